The van der Waals surface area contributed by atoms with Crippen molar-refractivity contribution in [2.24, 2.45) is 13.0 Å². The Morgan fingerprint density at radius 3 is 2.67 bits per heavy atom. The van der Waals surface area contributed by atoms with E-state index in [0.717, 1.165) is 18.7 Å². The number of aryl methyl sites for hydroxylation is 1. The van der Waals surface area contributed by atoms with Gasteiger partial charge in [0.25, 0.3) is 0 Å². The zero-order valence-corrected chi connectivity index (χ0v) is 14.7. The van der Waals surface area contributed by atoms with Gasteiger partial charge in [-0.25, -0.2) is 4.79 Å². The number of alkyl halides is 3. The quantitative estimate of drug-likeness (QED) is 0.833. The maximum atomic E-state index is 12.2. The van der Waals surface area contributed by atoms with Crippen LogP contribution in [0.1, 0.15) is 6.42 Å². The molecular formula is C17H20F3N5O2. The molecule has 1 fully saturated rings. The van der Waals surface area contributed by atoms with Crippen LogP contribution in [0.5, 0.6) is 5.75 Å². The molecule has 1 aromatic carbocycles. The monoisotopic (exact) mass is 383 g/mol. The summed E-state index contributed by atoms with van der Waals surface area (Å²) in [6.45, 7) is 2.00. The van der Waals surface area contributed by atoms with E-state index in [4.69, 9.17) is 0 Å². The number of nitrogens with one attached hydrogen (secondary N) is 2. The fourth-order valence-electron chi connectivity index (χ4n) is 2.99. The van der Waals surface area contributed by atoms with Crippen LogP contribution in [0.2, 0.25) is 0 Å². The van der Waals surface area contributed by atoms with Crippen LogP contribution < -0.4 is 20.3 Å². The Bertz CT molecular complexity index is 776. The van der Waals surface area contributed by atoms with Gasteiger partial charge in [-0.15, -0.1) is 13.2 Å². The lowest BCUT2D eigenvalue weighted by atomic mass is 10.1. The number of ether oxygens (including phenoxy) is 1. The first-order chi connectivity index (χ1) is 12.8. The molecule has 7 nitrogen and oxygen atoms in total. The number of amides is 2. The molecule has 146 valence electrons. The Morgan fingerprint density at radius 2 is 2.04 bits per heavy atom. The highest BCUT2D eigenvalue weighted by atomic mass is 19.4. The number of halogens is 3. The molecule has 1 atom stereocenters. The number of aromatic nitrogens is 2. The number of carbonyl (C=O) groups is 1. The molecule has 0 spiro atoms. The zero-order chi connectivity index (χ0) is 19.4. The molecule has 0 unspecified atom stereocenters. The van der Waals surface area contributed by atoms with Crippen LogP contribution in [0.25, 0.3) is 0 Å². The van der Waals surface area contributed by atoms with Crippen molar-refractivity contribution in [3.63, 3.8) is 0 Å². The summed E-state index contributed by atoms with van der Waals surface area (Å²) in [6.07, 6.45) is -2.22. The van der Waals surface area contributed by atoms with Crippen molar-refractivity contribution >= 4 is 17.5 Å². The molecule has 1 aliphatic rings. The summed E-state index contributed by atoms with van der Waals surface area (Å²) in [7, 11) is 1.73. The van der Waals surface area contributed by atoms with Crippen molar-refractivity contribution in [3.8, 4) is 5.75 Å². The third-order valence-corrected chi connectivity index (χ3v) is 4.34. The minimum Gasteiger partial charge on any atom is -0.406 e. The molecule has 2 amide bonds. The molecular weight excluding hydrogens is 363 g/mol. The number of hydrogen-bond donors (Lipinski definition) is 2. The van der Waals surface area contributed by atoms with Crippen molar-refractivity contribution < 1.29 is 22.7 Å². The predicted molar refractivity (Wildman–Crippen MR) is 93.7 cm³/mol. The van der Waals surface area contributed by atoms with Gasteiger partial charge >= 0.3 is 12.4 Å². The number of nitrogens with zero attached hydrogens (tertiary/aromatic N) is 3. The first-order valence-electron chi connectivity index (χ1n) is 8.44. The molecule has 10 heteroatoms. The first kappa shape index (κ1) is 18.9. The molecule has 2 N–H and O–H groups in total. The number of anilines is 2. The largest absolute Gasteiger partial charge is 0.573 e. The van der Waals surface area contributed by atoms with Gasteiger partial charge in [-0.1, -0.05) is 0 Å². The summed E-state index contributed by atoms with van der Waals surface area (Å²) in [4.78, 5) is 14.0. The van der Waals surface area contributed by atoms with Crippen LogP contribution in [0.15, 0.2) is 36.5 Å². The van der Waals surface area contributed by atoms with E-state index in [1.54, 1.807) is 36.1 Å². The number of rotatable bonds is 5. The van der Waals surface area contributed by atoms with Gasteiger partial charge in [-0.2, -0.15) is 5.10 Å². The number of benzene rings is 1. The molecule has 3 rings (SSSR count). The second-order valence-electron chi connectivity index (χ2n) is 6.32. The number of urea groups is 1. The summed E-state index contributed by atoms with van der Waals surface area (Å²) in [5.41, 5.74) is 0.825. The number of carbonyl (C=O) groups excluding carboxylic acids is 1. The Kier molecular flexibility index (Phi) is 5.43. The van der Waals surface area contributed by atoms with Crippen LogP contribution in [0, 0.1) is 5.92 Å². The molecule has 0 bridgehead atoms. The lowest BCUT2D eigenvalue weighted by molar-refractivity contribution is -0.274. The Hall–Kier alpha value is -2.91. The van der Waals surface area contributed by atoms with E-state index in [-0.39, 0.29) is 17.7 Å². The summed E-state index contributed by atoms with van der Waals surface area (Å²) < 4.78 is 42.1. The lowest BCUT2D eigenvalue weighted by Gasteiger charge is -2.19. The third-order valence-electron chi connectivity index (χ3n) is 4.34. The summed E-state index contributed by atoms with van der Waals surface area (Å²) in [6, 6.07) is 7.21. The average molecular weight is 383 g/mol. The van der Waals surface area contributed by atoms with Crippen molar-refractivity contribution in [1.82, 2.24) is 15.1 Å². The van der Waals surface area contributed by atoms with E-state index in [1.165, 1.54) is 12.1 Å². The summed E-state index contributed by atoms with van der Waals surface area (Å²) >= 11 is 0. The van der Waals surface area contributed by atoms with E-state index < -0.39 is 6.36 Å². The van der Waals surface area contributed by atoms with Gasteiger partial charge in [0.1, 0.15) is 11.6 Å². The number of hydrogen-bond acceptors (Lipinski definition) is 4. The molecule has 1 aromatic heterocycles. The van der Waals surface area contributed by atoms with Gasteiger partial charge in [0.05, 0.1) is 6.20 Å². The SMILES string of the molecule is Cn1nccc1NC(=O)NC[C@H]1CCN(c2ccc(OC(F)(F)F)cc2)C1. The van der Waals surface area contributed by atoms with E-state index in [9.17, 15) is 18.0 Å². The van der Waals surface area contributed by atoms with E-state index in [1.807, 2.05) is 0 Å². The highest BCUT2D eigenvalue weighted by molar-refractivity contribution is 5.88. The summed E-state index contributed by atoms with van der Waals surface area (Å²) in [5.74, 6) is 0.616. The van der Waals surface area contributed by atoms with Gasteiger partial charge in [0.15, 0.2) is 0 Å². The van der Waals surface area contributed by atoms with Crippen molar-refractivity contribution in [2.45, 2.75) is 12.8 Å². The molecule has 0 aliphatic carbocycles. The van der Waals surface area contributed by atoms with Crippen LogP contribution >= 0.6 is 0 Å². The second kappa shape index (κ2) is 7.77. The van der Waals surface area contributed by atoms with Gasteiger partial charge in [-0.05, 0) is 36.6 Å². The van der Waals surface area contributed by atoms with E-state index in [2.05, 4.69) is 25.4 Å². The molecule has 1 aliphatic heterocycles. The second-order valence-corrected chi connectivity index (χ2v) is 6.32. The normalized spacial score (nSPS) is 17.0. The Labute approximate surface area is 154 Å². The van der Waals surface area contributed by atoms with Gasteiger partial charge in [0.2, 0.25) is 0 Å². The van der Waals surface area contributed by atoms with E-state index >= 15 is 0 Å². The fourth-order valence-corrected chi connectivity index (χ4v) is 2.99. The van der Waals surface area contributed by atoms with Gasteiger partial charge in [-0.3, -0.25) is 10.00 Å². The maximum Gasteiger partial charge on any atom is 0.573 e. The van der Waals surface area contributed by atoms with Crippen LogP contribution in [-0.4, -0.2) is 41.8 Å². The smallest absolute Gasteiger partial charge is 0.406 e. The first-order valence-corrected chi connectivity index (χ1v) is 8.44. The van der Waals surface area contributed by atoms with Crippen LogP contribution in [-0.2, 0) is 7.05 Å². The van der Waals surface area contributed by atoms with Crippen molar-refractivity contribution in [3.05, 3.63) is 36.5 Å². The fraction of sp³-hybridized carbons (Fsp3) is 0.412. The van der Waals surface area contributed by atoms with E-state index in [0.29, 0.717) is 18.9 Å². The molecule has 1 saturated heterocycles. The third kappa shape index (κ3) is 5.28. The van der Waals surface area contributed by atoms with Crippen molar-refractivity contribution in [1.29, 1.82) is 0 Å². The topological polar surface area (TPSA) is 71.4 Å². The zero-order valence-electron chi connectivity index (χ0n) is 14.7. The van der Waals surface area contributed by atoms with Crippen LogP contribution in [0.3, 0.4) is 0 Å². The Morgan fingerprint density at radius 1 is 1.30 bits per heavy atom. The minimum absolute atomic E-state index is 0.240. The summed E-state index contributed by atoms with van der Waals surface area (Å²) in [5, 5.41) is 9.52. The van der Waals surface area contributed by atoms with Crippen LogP contribution in [0.4, 0.5) is 29.5 Å². The maximum absolute atomic E-state index is 12.2. The van der Waals surface area contributed by atoms with Gasteiger partial charge in [0, 0.05) is 38.4 Å². The lowest BCUT2D eigenvalue weighted by Crippen LogP contribution is -2.34. The standard InChI is InChI=1S/C17H20F3N5O2/c1-24-15(6-8-22-24)23-16(26)21-10-12-7-9-25(11-12)13-2-4-14(5-3-13)27-17(18,19)20/h2-6,8,12H,7,9-11H2,1H3,(H2,21,23,26)/t12-/m1/s1. The molecule has 2 aromatic rings. The molecule has 2 heterocycles. The minimum atomic E-state index is -4.69. The molecule has 27 heavy (non-hydrogen) atoms. The predicted octanol–water partition coefficient (Wildman–Crippen LogP) is 2.97. The highest BCUT2D eigenvalue weighted by Gasteiger charge is 2.31. The molecule has 0 saturated carbocycles. The van der Waals surface area contributed by atoms with Crippen molar-refractivity contribution in [2.75, 3.05) is 29.9 Å². The van der Waals surface area contributed by atoms with Gasteiger partial charge < -0.3 is 15.0 Å². The average Bonchev–Trinajstić information content (AvgIpc) is 3.22. The Balaban J connectivity index is 1.46. The highest BCUT2D eigenvalue weighted by Crippen LogP contribution is 2.28. The molecule has 0 radical (unpaired) electrons.